The first kappa shape index (κ1) is 14.0. The van der Waals surface area contributed by atoms with Gasteiger partial charge in [-0.3, -0.25) is 9.59 Å². The molecule has 1 amide bonds. The zero-order valence-corrected chi connectivity index (χ0v) is 11.4. The molecule has 0 unspecified atom stereocenters. The summed E-state index contributed by atoms with van der Waals surface area (Å²) < 4.78 is 0. The lowest BCUT2D eigenvalue weighted by atomic mass is 10.0. The molecule has 102 valence electrons. The number of para-hydroxylation sites is 1. The van der Waals surface area contributed by atoms with Gasteiger partial charge in [0.25, 0.3) is 0 Å². The summed E-state index contributed by atoms with van der Waals surface area (Å²) in [6.45, 7) is 2.06. The van der Waals surface area contributed by atoms with Crippen LogP contribution in [-0.4, -0.2) is 11.7 Å². The van der Waals surface area contributed by atoms with Crippen LogP contribution in [0.1, 0.15) is 29.3 Å². The second-order valence-corrected chi connectivity index (χ2v) is 4.56. The molecule has 0 heterocycles. The Morgan fingerprint density at radius 3 is 2.20 bits per heavy atom. The first-order valence-corrected chi connectivity index (χ1v) is 6.66. The molecular formula is C17H17NO2. The minimum atomic E-state index is -0.291. The van der Waals surface area contributed by atoms with Gasteiger partial charge in [0.1, 0.15) is 0 Å². The molecular weight excluding hydrogens is 250 g/mol. The summed E-state index contributed by atoms with van der Waals surface area (Å²) >= 11 is 0. The third-order valence-electron chi connectivity index (χ3n) is 3.06. The second-order valence-electron chi connectivity index (χ2n) is 4.56. The van der Waals surface area contributed by atoms with Crippen molar-refractivity contribution >= 4 is 17.4 Å². The molecule has 20 heavy (non-hydrogen) atoms. The van der Waals surface area contributed by atoms with Gasteiger partial charge in [0.15, 0.2) is 5.78 Å². The van der Waals surface area contributed by atoms with Gasteiger partial charge in [0, 0.05) is 11.3 Å². The Labute approximate surface area is 118 Å². The predicted octanol–water partition coefficient (Wildman–Crippen LogP) is 3.46. The van der Waals surface area contributed by atoms with E-state index < -0.39 is 0 Å². The topological polar surface area (TPSA) is 46.2 Å². The molecule has 0 atom stereocenters. The number of nitrogens with one attached hydrogen (secondary N) is 1. The van der Waals surface area contributed by atoms with E-state index >= 15 is 0 Å². The third-order valence-corrected chi connectivity index (χ3v) is 3.06. The normalized spacial score (nSPS) is 10.1. The lowest BCUT2D eigenvalue weighted by molar-refractivity contribution is -0.115. The molecule has 0 saturated heterocycles. The van der Waals surface area contributed by atoms with Gasteiger partial charge in [-0.25, -0.2) is 0 Å². The van der Waals surface area contributed by atoms with E-state index in [1.54, 1.807) is 24.3 Å². The predicted molar refractivity (Wildman–Crippen MR) is 79.8 cm³/mol. The van der Waals surface area contributed by atoms with Crippen LogP contribution in [0.3, 0.4) is 0 Å². The summed E-state index contributed by atoms with van der Waals surface area (Å²) in [4.78, 5) is 23.8. The van der Waals surface area contributed by atoms with E-state index in [1.165, 1.54) is 5.56 Å². The molecule has 0 saturated carbocycles. The van der Waals surface area contributed by atoms with E-state index in [1.807, 2.05) is 30.3 Å². The van der Waals surface area contributed by atoms with Crippen LogP contribution in [0.4, 0.5) is 5.69 Å². The molecule has 0 aliphatic rings. The Morgan fingerprint density at radius 2 is 1.60 bits per heavy atom. The van der Waals surface area contributed by atoms with E-state index in [2.05, 4.69) is 12.2 Å². The van der Waals surface area contributed by atoms with Gasteiger partial charge >= 0.3 is 0 Å². The number of amides is 1. The molecule has 1 N–H and O–H groups in total. The van der Waals surface area contributed by atoms with Crippen LogP contribution in [-0.2, 0) is 11.2 Å². The van der Waals surface area contributed by atoms with Crippen molar-refractivity contribution in [3.8, 4) is 0 Å². The summed E-state index contributed by atoms with van der Waals surface area (Å²) in [5.41, 5.74) is 2.45. The summed E-state index contributed by atoms with van der Waals surface area (Å²) in [5, 5.41) is 2.71. The van der Waals surface area contributed by atoms with E-state index in [0.29, 0.717) is 11.3 Å². The Hall–Kier alpha value is -2.42. The number of rotatable bonds is 5. The first-order chi connectivity index (χ1) is 9.69. The summed E-state index contributed by atoms with van der Waals surface area (Å²) in [7, 11) is 0. The maximum Gasteiger partial charge on any atom is 0.232 e. The second kappa shape index (κ2) is 6.66. The van der Waals surface area contributed by atoms with Crippen molar-refractivity contribution in [2.24, 2.45) is 0 Å². The van der Waals surface area contributed by atoms with Gasteiger partial charge in [0.2, 0.25) is 5.91 Å². The van der Waals surface area contributed by atoms with E-state index in [4.69, 9.17) is 0 Å². The Morgan fingerprint density at radius 1 is 0.950 bits per heavy atom. The molecule has 3 nitrogen and oxygen atoms in total. The number of carbonyl (C=O) groups excluding carboxylic acids is 2. The van der Waals surface area contributed by atoms with Crippen LogP contribution in [0.25, 0.3) is 0 Å². The molecule has 0 spiro atoms. The SMILES string of the molecule is CCc1ccc(C(=O)CC(=O)Nc2ccccc2)cc1. The van der Waals surface area contributed by atoms with Gasteiger partial charge in [-0.15, -0.1) is 0 Å². The van der Waals surface area contributed by atoms with Crippen molar-refractivity contribution in [3.63, 3.8) is 0 Å². The van der Waals surface area contributed by atoms with Crippen LogP contribution in [0.2, 0.25) is 0 Å². The highest BCUT2D eigenvalue weighted by Crippen LogP contribution is 2.10. The molecule has 3 heteroatoms. The minimum absolute atomic E-state index is 0.139. The van der Waals surface area contributed by atoms with Crippen LogP contribution in [0, 0.1) is 0 Å². The Balaban J connectivity index is 1.95. The highest BCUT2D eigenvalue weighted by Gasteiger charge is 2.11. The smallest absolute Gasteiger partial charge is 0.232 e. The molecule has 0 fully saturated rings. The molecule has 2 aromatic rings. The molecule has 2 aromatic carbocycles. The van der Waals surface area contributed by atoms with Crippen LogP contribution in [0.15, 0.2) is 54.6 Å². The fourth-order valence-corrected chi connectivity index (χ4v) is 1.90. The number of ketones is 1. The quantitative estimate of drug-likeness (QED) is 0.666. The zero-order valence-electron chi connectivity index (χ0n) is 11.4. The molecule has 0 bridgehead atoms. The summed E-state index contributed by atoms with van der Waals surface area (Å²) in [5.74, 6) is -0.457. The summed E-state index contributed by atoms with van der Waals surface area (Å²) in [6.07, 6.45) is 0.795. The van der Waals surface area contributed by atoms with E-state index in [9.17, 15) is 9.59 Å². The Kier molecular flexibility index (Phi) is 4.66. The van der Waals surface area contributed by atoms with Gasteiger partial charge in [0.05, 0.1) is 6.42 Å². The van der Waals surface area contributed by atoms with Crippen molar-refractivity contribution in [3.05, 3.63) is 65.7 Å². The van der Waals surface area contributed by atoms with Crippen LogP contribution in [0.5, 0.6) is 0 Å². The lowest BCUT2D eigenvalue weighted by Crippen LogP contribution is -2.16. The fraction of sp³-hybridized carbons (Fsp3) is 0.176. The molecule has 2 rings (SSSR count). The number of aryl methyl sites for hydroxylation is 1. The fourth-order valence-electron chi connectivity index (χ4n) is 1.90. The maximum atomic E-state index is 12.0. The molecule has 0 aliphatic heterocycles. The number of Topliss-reactive ketones (excluding diaryl/α,β-unsaturated/α-hetero) is 1. The Bertz CT molecular complexity index is 588. The van der Waals surface area contributed by atoms with E-state index in [0.717, 1.165) is 6.42 Å². The monoisotopic (exact) mass is 267 g/mol. The molecule has 0 aliphatic carbocycles. The number of anilines is 1. The minimum Gasteiger partial charge on any atom is -0.326 e. The van der Waals surface area contributed by atoms with E-state index in [-0.39, 0.29) is 18.1 Å². The number of benzene rings is 2. The van der Waals surface area contributed by atoms with Crippen molar-refractivity contribution in [1.29, 1.82) is 0 Å². The first-order valence-electron chi connectivity index (χ1n) is 6.66. The standard InChI is InChI=1S/C17H17NO2/c1-2-13-8-10-14(11-9-13)16(19)12-17(20)18-15-6-4-3-5-7-15/h3-11H,2,12H2,1H3,(H,18,20). The van der Waals surface area contributed by atoms with Crippen LogP contribution < -0.4 is 5.32 Å². The summed E-state index contributed by atoms with van der Waals surface area (Å²) in [6, 6.07) is 16.5. The average molecular weight is 267 g/mol. The number of hydrogen-bond donors (Lipinski definition) is 1. The van der Waals surface area contributed by atoms with Crippen molar-refractivity contribution < 1.29 is 9.59 Å². The maximum absolute atomic E-state index is 12.0. The van der Waals surface area contributed by atoms with Gasteiger partial charge in [-0.1, -0.05) is 49.4 Å². The molecule has 0 radical (unpaired) electrons. The largest absolute Gasteiger partial charge is 0.326 e. The number of carbonyl (C=O) groups is 2. The zero-order chi connectivity index (χ0) is 14.4. The van der Waals surface area contributed by atoms with Gasteiger partial charge < -0.3 is 5.32 Å². The van der Waals surface area contributed by atoms with Crippen molar-refractivity contribution in [2.75, 3.05) is 5.32 Å². The average Bonchev–Trinajstić information content (AvgIpc) is 2.48. The number of hydrogen-bond acceptors (Lipinski definition) is 2. The van der Waals surface area contributed by atoms with Gasteiger partial charge in [-0.2, -0.15) is 0 Å². The molecule has 0 aromatic heterocycles. The van der Waals surface area contributed by atoms with Crippen molar-refractivity contribution in [1.82, 2.24) is 0 Å². The highest BCUT2D eigenvalue weighted by atomic mass is 16.2. The van der Waals surface area contributed by atoms with Gasteiger partial charge in [-0.05, 0) is 24.1 Å². The van der Waals surface area contributed by atoms with Crippen LogP contribution >= 0.6 is 0 Å². The van der Waals surface area contributed by atoms with Crippen molar-refractivity contribution in [2.45, 2.75) is 19.8 Å². The third kappa shape index (κ3) is 3.79. The highest BCUT2D eigenvalue weighted by molar-refractivity contribution is 6.10. The lowest BCUT2D eigenvalue weighted by Gasteiger charge is -2.05.